The standard InChI is InChI=1S/C28H34N2O5/c1-20(31)35-25-4-2-3-23(15-25)27-12-13-30(17-21-5-6-21)19-28(27,33)11-9-24(16-27)29-26(32)8-7-22-10-14-34-18-22/h2-4,7-8,10,14-15,18,21,24,33H,5-6,9,11-13,16-17,19H2,1H3,(H,29,32)/t24-,27+,28+/m1/s1. The second-order valence-electron chi connectivity index (χ2n) is 10.5. The predicted molar refractivity (Wildman–Crippen MR) is 132 cm³/mol. The van der Waals surface area contributed by atoms with E-state index in [2.05, 4.69) is 10.2 Å². The number of piperidine rings is 1. The Balaban J connectivity index is 1.39. The molecule has 1 saturated heterocycles. The van der Waals surface area contributed by atoms with E-state index in [1.165, 1.54) is 25.8 Å². The molecular weight excluding hydrogens is 444 g/mol. The molecule has 7 heteroatoms. The number of benzene rings is 1. The van der Waals surface area contributed by atoms with E-state index < -0.39 is 11.0 Å². The summed E-state index contributed by atoms with van der Waals surface area (Å²) in [6.07, 6.45) is 11.7. The minimum atomic E-state index is -0.914. The van der Waals surface area contributed by atoms with Gasteiger partial charge in [0, 0.05) is 43.1 Å². The molecule has 2 N–H and O–H groups in total. The fourth-order valence-electron chi connectivity index (χ4n) is 6.02. The van der Waals surface area contributed by atoms with Crippen molar-refractivity contribution in [3.63, 3.8) is 0 Å². The van der Waals surface area contributed by atoms with Gasteiger partial charge in [0.05, 0.1) is 18.1 Å². The number of carbonyl (C=O) groups excluding carboxylic acids is 2. The highest BCUT2D eigenvalue weighted by molar-refractivity contribution is 5.91. The van der Waals surface area contributed by atoms with Crippen molar-refractivity contribution in [1.82, 2.24) is 10.2 Å². The molecule has 0 bridgehead atoms. The minimum absolute atomic E-state index is 0.0656. The number of fused-ring (bicyclic) bond motifs is 1. The van der Waals surface area contributed by atoms with Crippen molar-refractivity contribution >= 4 is 18.0 Å². The Morgan fingerprint density at radius 3 is 2.86 bits per heavy atom. The van der Waals surface area contributed by atoms with Crippen LogP contribution in [0.5, 0.6) is 5.75 Å². The first kappa shape index (κ1) is 23.8. The lowest BCUT2D eigenvalue weighted by Gasteiger charge is -2.58. The monoisotopic (exact) mass is 478 g/mol. The molecule has 35 heavy (non-hydrogen) atoms. The number of nitrogens with one attached hydrogen (secondary N) is 1. The van der Waals surface area contributed by atoms with Crippen LogP contribution in [0.3, 0.4) is 0 Å². The van der Waals surface area contributed by atoms with Crippen LogP contribution in [-0.2, 0) is 15.0 Å². The number of esters is 1. The lowest BCUT2D eigenvalue weighted by atomic mass is 9.55. The Hall–Kier alpha value is -2.90. The molecule has 1 amide bonds. The molecule has 1 aliphatic heterocycles. The highest BCUT2D eigenvalue weighted by Crippen LogP contribution is 2.52. The zero-order valence-corrected chi connectivity index (χ0v) is 20.2. The molecule has 3 atom stereocenters. The van der Waals surface area contributed by atoms with Crippen LogP contribution < -0.4 is 10.1 Å². The first-order chi connectivity index (χ1) is 16.8. The number of likely N-dealkylation sites (tertiary alicyclic amines) is 1. The summed E-state index contributed by atoms with van der Waals surface area (Å²) in [6, 6.07) is 9.30. The van der Waals surface area contributed by atoms with Crippen molar-refractivity contribution in [2.24, 2.45) is 5.92 Å². The summed E-state index contributed by atoms with van der Waals surface area (Å²) < 4.78 is 10.4. The summed E-state index contributed by atoms with van der Waals surface area (Å²) in [7, 11) is 0. The van der Waals surface area contributed by atoms with Crippen LogP contribution in [0.4, 0.5) is 0 Å². The van der Waals surface area contributed by atoms with Crippen molar-refractivity contribution in [2.75, 3.05) is 19.6 Å². The smallest absolute Gasteiger partial charge is 0.308 e. The summed E-state index contributed by atoms with van der Waals surface area (Å²) in [6.45, 7) is 3.96. The van der Waals surface area contributed by atoms with Gasteiger partial charge in [-0.2, -0.15) is 0 Å². The lowest BCUT2D eigenvalue weighted by molar-refractivity contribution is -0.133. The molecule has 2 aromatic rings. The zero-order valence-electron chi connectivity index (χ0n) is 20.2. The molecule has 3 fully saturated rings. The SMILES string of the molecule is CC(=O)Oc1cccc([C@@]23CCN(CC4CC4)C[C@@]2(O)CC[C@@H](NC(=O)C=Cc2ccoc2)C3)c1. The number of rotatable bonds is 7. The Morgan fingerprint density at radius 2 is 2.11 bits per heavy atom. The highest BCUT2D eigenvalue weighted by atomic mass is 16.5. The van der Waals surface area contributed by atoms with Crippen LogP contribution in [0.1, 0.15) is 56.6 Å². The third-order valence-electron chi connectivity index (χ3n) is 7.91. The highest BCUT2D eigenvalue weighted by Gasteiger charge is 2.57. The molecule has 0 unspecified atom stereocenters. The van der Waals surface area contributed by atoms with Gasteiger partial charge in [0.1, 0.15) is 5.75 Å². The van der Waals surface area contributed by atoms with E-state index in [9.17, 15) is 14.7 Å². The largest absolute Gasteiger partial charge is 0.472 e. The molecule has 3 aliphatic rings. The van der Waals surface area contributed by atoms with Crippen LogP contribution in [0.15, 0.2) is 53.4 Å². The average molecular weight is 479 g/mol. The maximum absolute atomic E-state index is 12.7. The summed E-state index contributed by atoms with van der Waals surface area (Å²) in [5, 5.41) is 15.3. The molecule has 2 saturated carbocycles. The summed E-state index contributed by atoms with van der Waals surface area (Å²) in [4.78, 5) is 26.7. The quantitative estimate of drug-likeness (QED) is 0.358. The fraction of sp³-hybridized carbons (Fsp3) is 0.500. The molecule has 186 valence electrons. The van der Waals surface area contributed by atoms with E-state index in [0.717, 1.165) is 36.6 Å². The Kier molecular flexibility index (Phi) is 6.55. The molecular formula is C28H34N2O5. The number of carbonyl (C=O) groups is 2. The molecule has 0 radical (unpaired) electrons. The average Bonchev–Trinajstić information content (AvgIpc) is 3.47. The van der Waals surface area contributed by atoms with Gasteiger partial charge in [-0.1, -0.05) is 12.1 Å². The van der Waals surface area contributed by atoms with Gasteiger partial charge in [-0.05, 0) is 80.8 Å². The summed E-state index contributed by atoms with van der Waals surface area (Å²) >= 11 is 0. The summed E-state index contributed by atoms with van der Waals surface area (Å²) in [5.41, 5.74) is 0.356. The molecule has 1 aromatic heterocycles. The van der Waals surface area contributed by atoms with Crippen molar-refractivity contribution in [3.8, 4) is 5.75 Å². The van der Waals surface area contributed by atoms with E-state index in [0.29, 0.717) is 31.6 Å². The van der Waals surface area contributed by atoms with Crippen LogP contribution in [0.25, 0.3) is 6.08 Å². The fourth-order valence-corrected chi connectivity index (χ4v) is 6.02. The maximum Gasteiger partial charge on any atom is 0.308 e. The molecule has 2 heterocycles. The minimum Gasteiger partial charge on any atom is -0.472 e. The second kappa shape index (κ2) is 9.63. The second-order valence-corrected chi connectivity index (χ2v) is 10.5. The Labute approximate surface area is 206 Å². The van der Waals surface area contributed by atoms with Crippen LogP contribution in [-0.4, -0.2) is 53.2 Å². The summed E-state index contributed by atoms with van der Waals surface area (Å²) in [5.74, 6) is 0.723. The van der Waals surface area contributed by atoms with Gasteiger partial charge in [0.2, 0.25) is 5.91 Å². The van der Waals surface area contributed by atoms with Crippen molar-refractivity contribution in [1.29, 1.82) is 0 Å². The van der Waals surface area contributed by atoms with E-state index in [1.807, 2.05) is 18.2 Å². The van der Waals surface area contributed by atoms with E-state index in [1.54, 1.807) is 30.7 Å². The van der Waals surface area contributed by atoms with Crippen molar-refractivity contribution in [3.05, 3.63) is 60.1 Å². The molecule has 5 rings (SSSR count). The van der Waals surface area contributed by atoms with Gasteiger partial charge in [-0.25, -0.2) is 0 Å². The number of aliphatic hydroxyl groups is 1. The number of hydrogen-bond acceptors (Lipinski definition) is 6. The van der Waals surface area contributed by atoms with Crippen LogP contribution in [0.2, 0.25) is 0 Å². The van der Waals surface area contributed by atoms with E-state index >= 15 is 0 Å². The first-order valence-electron chi connectivity index (χ1n) is 12.6. The Morgan fingerprint density at radius 1 is 1.26 bits per heavy atom. The van der Waals surface area contributed by atoms with E-state index in [-0.39, 0.29) is 17.9 Å². The van der Waals surface area contributed by atoms with Gasteiger partial charge in [0.15, 0.2) is 0 Å². The molecule has 7 nitrogen and oxygen atoms in total. The third-order valence-corrected chi connectivity index (χ3v) is 7.91. The van der Waals surface area contributed by atoms with Crippen molar-refractivity contribution < 1.29 is 23.8 Å². The number of amides is 1. The Bertz CT molecular complexity index is 1090. The number of β-amino-alcohol motifs (C(OH)–C–C–N with tert-alkyl or cyclic N) is 1. The van der Waals surface area contributed by atoms with Crippen LogP contribution >= 0.6 is 0 Å². The number of hydrogen-bond donors (Lipinski definition) is 2. The van der Waals surface area contributed by atoms with Gasteiger partial charge >= 0.3 is 5.97 Å². The zero-order chi connectivity index (χ0) is 24.5. The third kappa shape index (κ3) is 5.21. The van der Waals surface area contributed by atoms with Gasteiger partial charge in [0.25, 0.3) is 0 Å². The normalized spacial score (nSPS) is 29.0. The number of furan rings is 1. The molecule has 2 aliphatic carbocycles. The number of ether oxygens (including phenoxy) is 1. The van der Waals surface area contributed by atoms with Gasteiger partial charge in [-0.3, -0.25) is 9.59 Å². The molecule has 0 spiro atoms. The lowest BCUT2D eigenvalue weighted by Crippen LogP contribution is -2.67. The van der Waals surface area contributed by atoms with Crippen LogP contribution in [0, 0.1) is 5.92 Å². The topological polar surface area (TPSA) is 92.0 Å². The number of nitrogens with zero attached hydrogens (tertiary/aromatic N) is 1. The first-order valence-corrected chi connectivity index (χ1v) is 12.6. The maximum atomic E-state index is 12.7. The van der Waals surface area contributed by atoms with Gasteiger partial charge in [-0.15, -0.1) is 0 Å². The van der Waals surface area contributed by atoms with E-state index in [4.69, 9.17) is 9.15 Å². The van der Waals surface area contributed by atoms with Crippen molar-refractivity contribution in [2.45, 2.75) is 62.5 Å². The predicted octanol–water partition coefficient (Wildman–Crippen LogP) is 3.67. The van der Waals surface area contributed by atoms with Gasteiger partial charge < -0.3 is 24.5 Å². The molecule has 1 aromatic carbocycles.